The van der Waals surface area contributed by atoms with Gasteiger partial charge in [-0.2, -0.15) is 0 Å². The number of hydrogen-bond donors (Lipinski definition) is 2. The molecule has 164 valence electrons. The van der Waals surface area contributed by atoms with E-state index in [1.165, 1.54) is 22.3 Å². The Morgan fingerprint density at radius 1 is 1.06 bits per heavy atom. The van der Waals surface area contributed by atoms with Gasteiger partial charge in [-0.05, 0) is 74.1 Å². The number of aromatic nitrogens is 1. The number of halogens is 1. The topological polar surface area (TPSA) is 71.1 Å². The molecular formula is C22H24FN3O2S3. The molecule has 1 aromatic carbocycles. The van der Waals surface area contributed by atoms with Gasteiger partial charge in [0.25, 0.3) is 0 Å². The zero-order valence-corrected chi connectivity index (χ0v) is 19.4. The smallest absolute Gasteiger partial charge is 0.250 e. The lowest BCUT2D eigenvalue weighted by Gasteiger charge is -2.29. The quantitative estimate of drug-likeness (QED) is 0.530. The Morgan fingerprint density at radius 3 is 2.65 bits per heavy atom. The van der Waals surface area contributed by atoms with Crippen LogP contribution in [0.2, 0.25) is 0 Å². The first kappa shape index (κ1) is 21.1. The number of fused-ring (bicyclic) bond motifs is 3. The van der Waals surface area contributed by atoms with Gasteiger partial charge in [0.05, 0.1) is 5.69 Å². The van der Waals surface area contributed by atoms with E-state index in [2.05, 4.69) is 10.0 Å². The van der Waals surface area contributed by atoms with E-state index in [0.717, 1.165) is 66.9 Å². The lowest BCUT2D eigenvalue weighted by molar-refractivity contribution is 0.387. The van der Waals surface area contributed by atoms with Crippen LogP contribution >= 0.6 is 22.7 Å². The molecule has 0 amide bonds. The van der Waals surface area contributed by atoms with Gasteiger partial charge >= 0.3 is 0 Å². The molecule has 0 aliphatic heterocycles. The third-order valence-corrected chi connectivity index (χ3v) is 9.98. The number of benzene rings is 1. The molecule has 0 atom stereocenters. The molecule has 5 rings (SSSR count). The number of sulfonamides is 1. The van der Waals surface area contributed by atoms with Crippen molar-refractivity contribution in [3.8, 4) is 11.3 Å². The predicted octanol–water partition coefficient (Wildman–Crippen LogP) is 5.20. The fourth-order valence-electron chi connectivity index (χ4n) is 4.44. The first-order chi connectivity index (χ1) is 15.0. The fourth-order valence-corrected chi connectivity index (χ4v) is 7.85. The fraction of sp³-hybridized carbons (Fsp3) is 0.409. The van der Waals surface area contributed by atoms with E-state index in [1.54, 1.807) is 34.9 Å². The Labute approximate surface area is 189 Å². The number of thiophene rings is 1. The zero-order valence-electron chi connectivity index (χ0n) is 16.9. The predicted molar refractivity (Wildman–Crippen MR) is 124 cm³/mol. The van der Waals surface area contributed by atoms with Gasteiger partial charge in [0, 0.05) is 22.5 Å². The van der Waals surface area contributed by atoms with E-state index < -0.39 is 10.0 Å². The molecule has 0 spiro atoms. The number of nitrogens with one attached hydrogen (secondary N) is 2. The Balaban J connectivity index is 1.24. The Morgan fingerprint density at radius 2 is 1.87 bits per heavy atom. The van der Waals surface area contributed by atoms with Crippen LogP contribution in [0.3, 0.4) is 0 Å². The molecule has 9 heteroatoms. The molecule has 3 aromatic rings. The second kappa shape index (κ2) is 8.61. The lowest BCUT2D eigenvalue weighted by Crippen LogP contribution is -2.39. The molecular weight excluding hydrogens is 453 g/mol. The molecule has 2 aliphatic carbocycles. The van der Waals surface area contributed by atoms with Crippen molar-refractivity contribution in [2.75, 3.05) is 5.32 Å². The summed E-state index contributed by atoms with van der Waals surface area (Å²) in [4.78, 5) is 6.04. The van der Waals surface area contributed by atoms with E-state index in [0.29, 0.717) is 4.21 Å². The zero-order chi connectivity index (χ0) is 21.4. The highest BCUT2D eigenvalue weighted by Gasteiger charge is 2.27. The molecule has 0 bridgehead atoms. The summed E-state index contributed by atoms with van der Waals surface area (Å²) in [5, 5.41) is 6.21. The maximum Gasteiger partial charge on any atom is 0.250 e. The van der Waals surface area contributed by atoms with Crippen molar-refractivity contribution in [1.29, 1.82) is 0 Å². The summed E-state index contributed by atoms with van der Waals surface area (Å²) in [7, 11) is -3.42. The van der Waals surface area contributed by atoms with Crippen molar-refractivity contribution in [3.05, 3.63) is 52.0 Å². The standard InChI is InChI=1S/C22H24FN3O2S3/c23-15-7-6-14-3-1-4-19-21(18(14)13-15)25-22(30-19)24-16-8-10-17(11-9-16)26-31(27,28)20-5-2-12-29-20/h2,5-7,12-13,16-17,26H,1,3-4,8-11H2,(H,24,25). The molecule has 2 heterocycles. The van der Waals surface area contributed by atoms with E-state index in [-0.39, 0.29) is 17.9 Å². The van der Waals surface area contributed by atoms with Crippen LogP contribution in [-0.2, 0) is 22.9 Å². The minimum Gasteiger partial charge on any atom is -0.359 e. The number of nitrogens with zero attached hydrogens (tertiary/aromatic N) is 1. The van der Waals surface area contributed by atoms with Gasteiger partial charge in [0.15, 0.2) is 5.13 Å². The minimum absolute atomic E-state index is 0.0342. The van der Waals surface area contributed by atoms with E-state index in [4.69, 9.17) is 4.98 Å². The molecule has 0 radical (unpaired) electrons. The van der Waals surface area contributed by atoms with E-state index in [9.17, 15) is 12.8 Å². The number of anilines is 1. The molecule has 2 aromatic heterocycles. The molecule has 2 N–H and O–H groups in total. The van der Waals surface area contributed by atoms with E-state index in [1.807, 2.05) is 6.07 Å². The number of rotatable bonds is 5. The van der Waals surface area contributed by atoms with Crippen LogP contribution in [0.5, 0.6) is 0 Å². The normalized spacial score (nSPS) is 21.2. The molecule has 31 heavy (non-hydrogen) atoms. The van der Waals surface area contributed by atoms with Gasteiger partial charge < -0.3 is 5.32 Å². The number of aryl methyl sites for hydroxylation is 2. The summed E-state index contributed by atoms with van der Waals surface area (Å²) in [6, 6.07) is 8.63. The van der Waals surface area contributed by atoms with Gasteiger partial charge in [0.2, 0.25) is 10.0 Å². The highest BCUT2D eigenvalue weighted by atomic mass is 32.2. The molecule has 2 aliphatic rings. The van der Waals surface area contributed by atoms with Crippen molar-refractivity contribution in [2.45, 2.75) is 61.2 Å². The van der Waals surface area contributed by atoms with Gasteiger partial charge in [-0.1, -0.05) is 12.1 Å². The van der Waals surface area contributed by atoms with Crippen LogP contribution in [0.25, 0.3) is 11.3 Å². The SMILES string of the molecule is O=S(=O)(NC1CCC(Nc2nc3c(s2)CCCc2ccc(F)cc2-3)CC1)c1cccs1. The van der Waals surface area contributed by atoms with Crippen molar-refractivity contribution in [1.82, 2.24) is 9.71 Å². The Bertz CT molecular complexity index is 1170. The number of thiazole rings is 1. The summed E-state index contributed by atoms with van der Waals surface area (Å²) in [6.07, 6.45) is 6.31. The second-order valence-corrected chi connectivity index (χ2v) is 12.2. The maximum atomic E-state index is 13.9. The third-order valence-electron chi connectivity index (χ3n) is 6.01. The third kappa shape index (κ3) is 4.55. The van der Waals surface area contributed by atoms with Crippen LogP contribution < -0.4 is 10.0 Å². The molecule has 0 saturated heterocycles. The monoisotopic (exact) mass is 477 g/mol. The first-order valence-electron chi connectivity index (χ1n) is 10.6. The second-order valence-electron chi connectivity index (χ2n) is 8.19. The van der Waals surface area contributed by atoms with Gasteiger partial charge in [-0.15, -0.1) is 22.7 Å². The highest BCUT2D eigenvalue weighted by molar-refractivity contribution is 7.91. The van der Waals surface area contributed by atoms with Gasteiger partial charge in [-0.25, -0.2) is 22.5 Å². The lowest BCUT2D eigenvalue weighted by atomic mass is 9.92. The maximum absolute atomic E-state index is 13.9. The van der Waals surface area contributed by atoms with Crippen LogP contribution in [0.1, 0.15) is 42.5 Å². The summed E-state index contributed by atoms with van der Waals surface area (Å²) in [5.74, 6) is -0.225. The van der Waals surface area contributed by atoms with Gasteiger partial charge in [-0.3, -0.25) is 0 Å². The minimum atomic E-state index is -3.42. The van der Waals surface area contributed by atoms with Crippen molar-refractivity contribution < 1.29 is 12.8 Å². The van der Waals surface area contributed by atoms with Crippen LogP contribution in [0.15, 0.2) is 39.9 Å². The first-order valence-corrected chi connectivity index (χ1v) is 13.8. The van der Waals surface area contributed by atoms with Crippen molar-refractivity contribution in [3.63, 3.8) is 0 Å². The molecule has 1 fully saturated rings. The highest BCUT2D eigenvalue weighted by Crippen LogP contribution is 2.38. The largest absolute Gasteiger partial charge is 0.359 e. The number of hydrogen-bond acceptors (Lipinski definition) is 6. The Kier molecular flexibility index (Phi) is 5.85. The molecule has 0 unspecified atom stereocenters. The van der Waals surface area contributed by atoms with Gasteiger partial charge in [0.1, 0.15) is 10.0 Å². The van der Waals surface area contributed by atoms with Crippen LogP contribution in [0.4, 0.5) is 9.52 Å². The average Bonchev–Trinajstić information content (AvgIpc) is 3.39. The van der Waals surface area contributed by atoms with Crippen LogP contribution in [-0.4, -0.2) is 25.5 Å². The van der Waals surface area contributed by atoms with Crippen molar-refractivity contribution in [2.24, 2.45) is 0 Å². The Hall–Kier alpha value is -1.81. The summed E-state index contributed by atoms with van der Waals surface area (Å²) >= 11 is 2.90. The molecule has 1 saturated carbocycles. The van der Waals surface area contributed by atoms with Crippen molar-refractivity contribution >= 4 is 37.8 Å². The summed E-state index contributed by atoms with van der Waals surface area (Å²) < 4.78 is 42.0. The van der Waals surface area contributed by atoms with E-state index >= 15 is 0 Å². The summed E-state index contributed by atoms with van der Waals surface area (Å²) in [5.41, 5.74) is 3.00. The van der Waals surface area contributed by atoms with Crippen LogP contribution in [0, 0.1) is 5.82 Å². The summed E-state index contributed by atoms with van der Waals surface area (Å²) in [6.45, 7) is 0. The average molecular weight is 478 g/mol. The molecule has 5 nitrogen and oxygen atoms in total.